The normalized spacial score (nSPS) is 11.4. The molecule has 0 bridgehead atoms. The van der Waals surface area contributed by atoms with Crippen LogP contribution in [0.4, 0.5) is 0 Å². The smallest absolute Gasteiger partial charge is 0.161 e. The lowest BCUT2D eigenvalue weighted by Gasteiger charge is -2.18. The summed E-state index contributed by atoms with van der Waals surface area (Å²) < 4.78 is 11.2. The Bertz CT molecular complexity index is 364. The minimum atomic E-state index is 0.365. The lowest BCUT2D eigenvalue weighted by Crippen LogP contribution is -2.06. The molecule has 0 radical (unpaired) electrons. The monoisotopic (exact) mass is 250 g/mol. The quantitative estimate of drug-likeness (QED) is 0.742. The van der Waals surface area contributed by atoms with Crippen molar-refractivity contribution in [1.82, 2.24) is 0 Å². The van der Waals surface area contributed by atoms with Crippen molar-refractivity contribution in [1.29, 1.82) is 0 Å². The van der Waals surface area contributed by atoms with Crippen molar-refractivity contribution in [3.63, 3.8) is 0 Å². The van der Waals surface area contributed by atoms with Crippen molar-refractivity contribution >= 4 is 0 Å². The van der Waals surface area contributed by atoms with Gasteiger partial charge in [0.1, 0.15) is 0 Å². The number of aryl methyl sites for hydroxylation is 1. The van der Waals surface area contributed by atoms with Crippen LogP contribution in [0.1, 0.15) is 46.6 Å². The van der Waals surface area contributed by atoms with Gasteiger partial charge >= 0.3 is 0 Å². The molecule has 1 rings (SSSR count). The number of ether oxygens (including phenoxy) is 2. The summed E-state index contributed by atoms with van der Waals surface area (Å²) in [4.78, 5) is 0. The highest BCUT2D eigenvalue weighted by molar-refractivity contribution is 5.43. The molecule has 0 N–H and O–H groups in total. The molecule has 0 spiro atoms. The second-order valence-electron chi connectivity index (χ2n) is 5.71. The molecule has 0 aromatic heterocycles. The molecule has 0 aliphatic carbocycles. The Morgan fingerprint density at radius 3 is 2.11 bits per heavy atom. The van der Waals surface area contributed by atoms with Crippen molar-refractivity contribution in [3.05, 3.63) is 23.8 Å². The largest absolute Gasteiger partial charge is 0.490 e. The summed E-state index contributed by atoms with van der Waals surface area (Å²) in [5, 5.41) is 0. The van der Waals surface area contributed by atoms with E-state index in [1.54, 1.807) is 0 Å². The number of hydrogen-bond donors (Lipinski definition) is 0. The predicted octanol–water partition coefficient (Wildman–Crippen LogP) is 4.46. The van der Waals surface area contributed by atoms with E-state index in [0.29, 0.717) is 18.6 Å². The zero-order valence-electron chi connectivity index (χ0n) is 12.4. The summed E-state index contributed by atoms with van der Waals surface area (Å²) in [5.74, 6) is 1.71. The van der Waals surface area contributed by atoms with Gasteiger partial charge in [-0.2, -0.15) is 0 Å². The Kier molecular flexibility index (Phi) is 5.52. The average Bonchev–Trinajstić information content (AvgIpc) is 2.29. The Morgan fingerprint density at radius 1 is 0.944 bits per heavy atom. The third kappa shape index (κ3) is 4.99. The van der Waals surface area contributed by atoms with Crippen molar-refractivity contribution in [3.8, 4) is 11.5 Å². The van der Waals surface area contributed by atoms with Crippen molar-refractivity contribution in [2.75, 3.05) is 13.2 Å². The Hall–Kier alpha value is -1.18. The first-order valence-corrected chi connectivity index (χ1v) is 6.84. The fourth-order valence-corrected chi connectivity index (χ4v) is 1.77. The molecule has 1 aromatic rings. The molecular weight excluding hydrogens is 224 g/mol. The van der Waals surface area contributed by atoms with Crippen LogP contribution in [0.3, 0.4) is 0 Å². The van der Waals surface area contributed by atoms with Crippen LogP contribution < -0.4 is 9.47 Å². The van der Waals surface area contributed by atoms with E-state index in [9.17, 15) is 0 Å². The number of rotatable bonds is 6. The lowest BCUT2D eigenvalue weighted by atomic mass is 9.88. The van der Waals surface area contributed by atoms with E-state index >= 15 is 0 Å². The SMILES string of the molecule is CCOc1ccc(CCC(C)(C)C)cc1OCC. The topological polar surface area (TPSA) is 18.5 Å². The number of hydrogen-bond acceptors (Lipinski definition) is 2. The molecule has 0 heterocycles. The van der Waals surface area contributed by atoms with Gasteiger partial charge in [0.25, 0.3) is 0 Å². The van der Waals surface area contributed by atoms with Crippen LogP contribution in [-0.2, 0) is 6.42 Å². The molecule has 2 heteroatoms. The molecular formula is C16H26O2. The van der Waals surface area contributed by atoms with Gasteiger partial charge in [0.05, 0.1) is 13.2 Å². The zero-order chi connectivity index (χ0) is 13.6. The van der Waals surface area contributed by atoms with Gasteiger partial charge in [-0.15, -0.1) is 0 Å². The van der Waals surface area contributed by atoms with Gasteiger partial charge in [-0.1, -0.05) is 26.8 Å². The molecule has 0 fully saturated rings. The van der Waals surface area contributed by atoms with E-state index in [0.717, 1.165) is 17.9 Å². The van der Waals surface area contributed by atoms with Crippen LogP contribution in [0, 0.1) is 5.41 Å². The number of benzene rings is 1. The van der Waals surface area contributed by atoms with Crippen LogP contribution in [-0.4, -0.2) is 13.2 Å². The zero-order valence-corrected chi connectivity index (χ0v) is 12.4. The molecule has 0 atom stereocenters. The summed E-state index contributed by atoms with van der Waals surface area (Å²) in [6.45, 7) is 12.1. The Morgan fingerprint density at radius 2 is 1.56 bits per heavy atom. The molecule has 0 unspecified atom stereocenters. The molecule has 0 aliphatic heterocycles. The molecule has 1 aromatic carbocycles. The highest BCUT2D eigenvalue weighted by Gasteiger charge is 2.11. The molecule has 2 nitrogen and oxygen atoms in total. The second kappa shape index (κ2) is 6.67. The average molecular weight is 250 g/mol. The van der Waals surface area contributed by atoms with Gasteiger partial charge in [-0.05, 0) is 49.8 Å². The van der Waals surface area contributed by atoms with Gasteiger partial charge in [-0.25, -0.2) is 0 Å². The minimum Gasteiger partial charge on any atom is -0.490 e. The fourth-order valence-electron chi connectivity index (χ4n) is 1.77. The summed E-state index contributed by atoms with van der Waals surface area (Å²) in [6.07, 6.45) is 2.25. The van der Waals surface area contributed by atoms with E-state index < -0.39 is 0 Å². The summed E-state index contributed by atoms with van der Waals surface area (Å²) >= 11 is 0. The maximum absolute atomic E-state index is 5.64. The standard InChI is InChI=1S/C16H26O2/c1-6-17-14-9-8-13(10-11-16(3,4)5)12-15(14)18-7-2/h8-9,12H,6-7,10-11H2,1-5H3. The van der Waals surface area contributed by atoms with Crippen LogP contribution in [0.25, 0.3) is 0 Å². The third-order valence-electron chi connectivity index (χ3n) is 2.77. The molecule has 0 amide bonds. The first kappa shape index (κ1) is 14.9. The maximum Gasteiger partial charge on any atom is 0.161 e. The second-order valence-corrected chi connectivity index (χ2v) is 5.71. The molecule has 0 saturated carbocycles. The van der Waals surface area contributed by atoms with Crippen molar-refractivity contribution in [2.24, 2.45) is 5.41 Å². The van der Waals surface area contributed by atoms with Gasteiger partial charge in [-0.3, -0.25) is 0 Å². The van der Waals surface area contributed by atoms with Gasteiger partial charge in [0.15, 0.2) is 11.5 Å². The van der Waals surface area contributed by atoms with Gasteiger partial charge < -0.3 is 9.47 Å². The Balaban J connectivity index is 2.79. The predicted molar refractivity (Wildman–Crippen MR) is 76.6 cm³/mol. The fraction of sp³-hybridized carbons (Fsp3) is 0.625. The molecule has 102 valence electrons. The lowest BCUT2D eigenvalue weighted by molar-refractivity contribution is 0.287. The van der Waals surface area contributed by atoms with Crippen LogP contribution in [0.2, 0.25) is 0 Å². The molecule has 0 aliphatic rings. The summed E-state index contributed by atoms with van der Waals surface area (Å²) in [5.41, 5.74) is 1.68. The highest BCUT2D eigenvalue weighted by atomic mass is 16.5. The van der Waals surface area contributed by atoms with E-state index in [4.69, 9.17) is 9.47 Å². The van der Waals surface area contributed by atoms with E-state index in [1.807, 2.05) is 19.9 Å². The molecule has 18 heavy (non-hydrogen) atoms. The Labute approximate surface area is 111 Å². The summed E-state index contributed by atoms with van der Waals surface area (Å²) in [6, 6.07) is 6.27. The molecule has 0 saturated heterocycles. The van der Waals surface area contributed by atoms with E-state index in [2.05, 4.69) is 32.9 Å². The van der Waals surface area contributed by atoms with Crippen LogP contribution in [0.15, 0.2) is 18.2 Å². The van der Waals surface area contributed by atoms with Crippen LogP contribution in [0.5, 0.6) is 11.5 Å². The van der Waals surface area contributed by atoms with Gasteiger partial charge in [0, 0.05) is 0 Å². The summed E-state index contributed by atoms with van der Waals surface area (Å²) in [7, 11) is 0. The third-order valence-corrected chi connectivity index (χ3v) is 2.77. The van der Waals surface area contributed by atoms with Gasteiger partial charge in [0.2, 0.25) is 0 Å². The van der Waals surface area contributed by atoms with E-state index in [1.165, 1.54) is 12.0 Å². The van der Waals surface area contributed by atoms with Crippen molar-refractivity contribution in [2.45, 2.75) is 47.5 Å². The van der Waals surface area contributed by atoms with Crippen molar-refractivity contribution < 1.29 is 9.47 Å². The first-order valence-electron chi connectivity index (χ1n) is 6.84. The maximum atomic E-state index is 5.64. The van der Waals surface area contributed by atoms with E-state index in [-0.39, 0.29) is 0 Å². The minimum absolute atomic E-state index is 0.365. The van der Waals surface area contributed by atoms with Crippen LogP contribution >= 0.6 is 0 Å². The first-order chi connectivity index (χ1) is 8.46. The highest BCUT2D eigenvalue weighted by Crippen LogP contribution is 2.30.